The minimum absolute atomic E-state index is 0.529. The van der Waals surface area contributed by atoms with E-state index in [4.69, 9.17) is 0 Å². The van der Waals surface area contributed by atoms with Crippen molar-refractivity contribution >= 4 is 30.8 Å². The Kier molecular flexibility index (Phi) is 5.98. The Morgan fingerprint density at radius 1 is 0.419 bits per heavy atom. The van der Waals surface area contributed by atoms with Crippen molar-refractivity contribution in [1.29, 1.82) is 0 Å². The predicted molar refractivity (Wildman–Crippen MR) is 140 cm³/mol. The third kappa shape index (κ3) is 3.42. The Morgan fingerprint density at radius 3 is 0.968 bits per heavy atom. The van der Waals surface area contributed by atoms with Gasteiger partial charge in [0.1, 0.15) is 0 Å². The molecule has 0 atom stereocenters. The fourth-order valence-electron chi connectivity index (χ4n) is 5.69. The van der Waals surface area contributed by atoms with Crippen molar-refractivity contribution in [3.63, 3.8) is 0 Å². The molecule has 0 radical (unpaired) electrons. The van der Waals surface area contributed by atoms with Crippen molar-refractivity contribution in [2.24, 2.45) is 0 Å². The van der Waals surface area contributed by atoms with Crippen molar-refractivity contribution in [2.45, 2.75) is 79.1 Å². The van der Waals surface area contributed by atoms with Crippen LogP contribution in [-0.2, 0) is 0 Å². The summed E-state index contributed by atoms with van der Waals surface area (Å²) in [4.78, 5) is 0. The summed E-state index contributed by atoms with van der Waals surface area (Å²) in [5.74, 6) is 2.12. The summed E-state index contributed by atoms with van der Waals surface area (Å²) in [7, 11) is 0. The van der Waals surface area contributed by atoms with Gasteiger partial charge >= 0.3 is 193 Å². The van der Waals surface area contributed by atoms with Gasteiger partial charge in [-0.3, -0.25) is 0 Å². The van der Waals surface area contributed by atoms with E-state index in [1.165, 1.54) is 0 Å². The predicted octanol–water partition coefficient (Wildman–Crippen LogP) is 5.87. The Hall–Kier alpha value is -1.80. The summed E-state index contributed by atoms with van der Waals surface area (Å²) < 4.78 is 6.85. The Balaban J connectivity index is 2.19. The van der Waals surface area contributed by atoms with Crippen LogP contribution in [0.4, 0.5) is 0 Å². The first-order valence-electron chi connectivity index (χ1n) is 12.1. The molecule has 1 heteroatoms. The molecule has 162 valence electrons. The van der Waals surface area contributed by atoms with Crippen molar-refractivity contribution in [2.75, 3.05) is 0 Å². The van der Waals surface area contributed by atoms with E-state index in [0.29, 0.717) is 23.7 Å². The Morgan fingerprint density at radius 2 is 0.710 bits per heavy atom. The summed E-state index contributed by atoms with van der Waals surface area (Å²) in [5, 5.41) is 0. The molecular weight excluding hydrogens is 433 g/mol. The van der Waals surface area contributed by atoms with Crippen LogP contribution in [-0.4, -0.2) is 13.3 Å². The second kappa shape index (κ2) is 8.28. The van der Waals surface area contributed by atoms with Crippen LogP contribution in [0.3, 0.4) is 0 Å². The number of fused-ring (bicyclic) bond motifs is 1. The molecule has 0 unspecified atom stereocenters. The first-order valence-corrected chi connectivity index (χ1v) is 16.3. The zero-order valence-electron chi connectivity index (χ0n) is 20.6. The second-order valence-corrected chi connectivity index (χ2v) is 18.0. The van der Waals surface area contributed by atoms with E-state index in [9.17, 15) is 0 Å². The molecule has 3 aromatic carbocycles. The molecule has 0 saturated heterocycles. The van der Waals surface area contributed by atoms with Crippen LogP contribution < -0.4 is 17.6 Å². The molecule has 1 aliphatic heterocycles. The molecule has 0 fully saturated rings. The maximum absolute atomic E-state index is 2.89. The molecule has 4 rings (SSSR count). The Labute approximate surface area is 192 Å². The molecule has 1 heterocycles. The van der Waals surface area contributed by atoms with Crippen LogP contribution in [0, 0.1) is 0 Å². The van der Waals surface area contributed by atoms with Gasteiger partial charge in [-0.1, -0.05) is 0 Å². The normalized spacial score (nSPS) is 14.6. The van der Waals surface area contributed by atoms with Gasteiger partial charge in [0.25, 0.3) is 0 Å². The van der Waals surface area contributed by atoms with Crippen LogP contribution in [0.25, 0.3) is 0 Å². The average Bonchev–Trinajstić information content (AvgIpc) is 3.41. The molecule has 0 nitrogen and oxygen atoms in total. The molecule has 3 aromatic rings. The second-order valence-electron chi connectivity index (χ2n) is 10.5. The van der Waals surface area contributed by atoms with Crippen LogP contribution >= 0.6 is 0 Å². The van der Waals surface area contributed by atoms with E-state index < -0.39 is 13.3 Å². The number of rotatable bonds is 6. The van der Waals surface area contributed by atoms with Crippen LogP contribution in [0.15, 0.2) is 60.7 Å². The van der Waals surface area contributed by atoms with Gasteiger partial charge < -0.3 is 0 Å². The van der Waals surface area contributed by atoms with E-state index in [1.54, 1.807) is 39.8 Å². The van der Waals surface area contributed by atoms with Gasteiger partial charge in [0.05, 0.1) is 0 Å². The van der Waals surface area contributed by atoms with Gasteiger partial charge in [-0.15, -0.1) is 0 Å². The van der Waals surface area contributed by atoms with Gasteiger partial charge in [0, 0.05) is 0 Å². The van der Waals surface area contributed by atoms with Crippen molar-refractivity contribution in [1.82, 2.24) is 0 Å². The molecule has 0 N–H and O–H groups in total. The summed E-state index contributed by atoms with van der Waals surface area (Å²) in [6.07, 6.45) is 0. The van der Waals surface area contributed by atoms with Crippen molar-refractivity contribution < 1.29 is 0 Å². The Bertz CT molecular complexity index is 960. The maximum atomic E-state index is 2.46. The third-order valence-electron chi connectivity index (χ3n) is 7.17. The molecule has 0 bridgehead atoms. The zero-order chi connectivity index (χ0) is 22.5. The first-order chi connectivity index (χ1) is 14.7. The summed E-state index contributed by atoms with van der Waals surface area (Å²) in [6, 6.07) is 23.7. The quantitative estimate of drug-likeness (QED) is 0.309. The van der Waals surface area contributed by atoms with Crippen LogP contribution in [0.1, 0.15) is 101 Å². The summed E-state index contributed by atoms with van der Waals surface area (Å²) in [5.41, 5.74) is 6.32. The average molecular weight is 471 g/mol. The van der Waals surface area contributed by atoms with Crippen molar-refractivity contribution in [3.8, 4) is 0 Å². The van der Waals surface area contributed by atoms with Gasteiger partial charge in [-0.25, -0.2) is 0 Å². The zero-order valence-corrected chi connectivity index (χ0v) is 22.7. The fraction of sp³-hybridized carbons (Fsp3) is 0.400. The van der Waals surface area contributed by atoms with E-state index in [1.807, 2.05) is 0 Å². The number of hydrogen-bond donors (Lipinski definition) is 0. The fourth-order valence-corrected chi connectivity index (χ4v) is 19.7. The van der Waals surface area contributed by atoms with Gasteiger partial charge in [0.15, 0.2) is 0 Å². The van der Waals surface area contributed by atoms with Gasteiger partial charge in [-0.2, -0.15) is 0 Å². The topological polar surface area (TPSA) is 0 Å². The molecule has 0 aromatic heterocycles. The SMILES string of the molecule is CC(C)c1cccc(C(C)C)[c]1[Ge]1([c]2c(C(C)C)cccc2C(C)C)[c]2cccc[c]21. The van der Waals surface area contributed by atoms with E-state index >= 15 is 0 Å². The van der Waals surface area contributed by atoms with Gasteiger partial charge in [0.2, 0.25) is 0 Å². The molecule has 31 heavy (non-hydrogen) atoms. The van der Waals surface area contributed by atoms with E-state index in [0.717, 1.165) is 0 Å². The van der Waals surface area contributed by atoms with E-state index in [-0.39, 0.29) is 0 Å². The van der Waals surface area contributed by atoms with Gasteiger partial charge in [-0.05, 0) is 0 Å². The van der Waals surface area contributed by atoms with Crippen LogP contribution in [0.2, 0.25) is 0 Å². The van der Waals surface area contributed by atoms with E-state index in [2.05, 4.69) is 116 Å². The molecule has 0 amide bonds. The number of benzene rings is 3. The van der Waals surface area contributed by atoms with Crippen molar-refractivity contribution in [3.05, 3.63) is 82.9 Å². The first kappa shape index (κ1) is 22.4. The minimum atomic E-state index is -2.89. The summed E-state index contributed by atoms with van der Waals surface area (Å²) in [6.45, 7) is 19.0. The monoisotopic (exact) mass is 472 g/mol. The molecule has 1 aliphatic rings. The van der Waals surface area contributed by atoms with Crippen LogP contribution in [0.5, 0.6) is 0 Å². The number of hydrogen-bond acceptors (Lipinski definition) is 0. The molecule has 0 spiro atoms. The third-order valence-corrected chi connectivity index (χ3v) is 17.4. The molecule has 0 saturated carbocycles. The standard InChI is InChI=1S/C30H38Ge/c1-19(2)23-13-11-14-24(20(3)4)29(23)31(27-17-9-10-18-28(27)31)30-25(21(5)6)15-12-16-26(30)22(7)8/h9-22H,1-8H3. The summed E-state index contributed by atoms with van der Waals surface area (Å²) >= 11 is -2.89. The molecular formula is C30H38Ge. The molecule has 0 aliphatic carbocycles.